The molecule has 2 fully saturated rings. The summed E-state index contributed by atoms with van der Waals surface area (Å²) in [6.07, 6.45) is 3.87. The van der Waals surface area contributed by atoms with Crippen LogP contribution in [0.5, 0.6) is 0 Å². The minimum absolute atomic E-state index is 0.0293. The third kappa shape index (κ3) is 3.60. The van der Waals surface area contributed by atoms with E-state index in [9.17, 15) is 9.90 Å². The van der Waals surface area contributed by atoms with Crippen molar-refractivity contribution in [3.05, 3.63) is 0 Å². The SMILES string of the molecule is CC1CCCC(O)(CNC(=O)C2CSCN2)C1. The second kappa shape index (κ2) is 5.59. The number of amides is 1. The molecule has 1 heterocycles. The van der Waals surface area contributed by atoms with Gasteiger partial charge in [0.15, 0.2) is 0 Å². The second-order valence-corrected chi connectivity index (χ2v) is 6.45. The third-order valence-electron chi connectivity index (χ3n) is 3.69. The van der Waals surface area contributed by atoms with Gasteiger partial charge in [0.25, 0.3) is 0 Å². The molecule has 1 aliphatic carbocycles. The summed E-state index contributed by atoms with van der Waals surface area (Å²) in [5.41, 5.74) is -0.681. The fourth-order valence-corrected chi connectivity index (χ4v) is 3.67. The first-order valence-corrected chi connectivity index (χ1v) is 7.56. The van der Waals surface area contributed by atoms with Crippen LogP contribution in [0.2, 0.25) is 0 Å². The third-order valence-corrected chi connectivity index (χ3v) is 4.63. The monoisotopic (exact) mass is 258 g/mol. The van der Waals surface area contributed by atoms with Crippen LogP contribution in [0, 0.1) is 5.92 Å². The summed E-state index contributed by atoms with van der Waals surface area (Å²) in [5, 5.41) is 16.4. The molecule has 0 radical (unpaired) electrons. The Morgan fingerprint density at radius 2 is 2.47 bits per heavy atom. The van der Waals surface area contributed by atoms with Crippen molar-refractivity contribution in [3.63, 3.8) is 0 Å². The summed E-state index contributed by atoms with van der Waals surface area (Å²) in [5.74, 6) is 2.27. The zero-order chi connectivity index (χ0) is 12.3. The van der Waals surface area contributed by atoms with Gasteiger partial charge in [0.05, 0.1) is 11.6 Å². The molecule has 1 aliphatic heterocycles. The largest absolute Gasteiger partial charge is 0.388 e. The molecule has 0 bridgehead atoms. The van der Waals surface area contributed by atoms with Crippen molar-refractivity contribution >= 4 is 17.7 Å². The van der Waals surface area contributed by atoms with E-state index < -0.39 is 5.60 Å². The van der Waals surface area contributed by atoms with Gasteiger partial charge in [-0.2, -0.15) is 0 Å². The van der Waals surface area contributed by atoms with E-state index in [0.717, 1.165) is 30.9 Å². The molecule has 5 heteroatoms. The van der Waals surface area contributed by atoms with Gasteiger partial charge in [-0.05, 0) is 18.8 Å². The predicted molar refractivity (Wildman–Crippen MR) is 69.8 cm³/mol. The topological polar surface area (TPSA) is 61.4 Å². The van der Waals surface area contributed by atoms with E-state index in [1.165, 1.54) is 6.42 Å². The van der Waals surface area contributed by atoms with Crippen LogP contribution < -0.4 is 10.6 Å². The van der Waals surface area contributed by atoms with Gasteiger partial charge in [0, 0.05) is 18.2 Å². The number of carbonyl (C=O) groups excluding carboxylic acids is 1. The highest BCUT2D eigenvalue weighted by Crippen LogP contribution is 2.31. The predicted octanol–water partition coefficient (Wildman–Crippen LogP) is 0.706. The molecule has 2 rings (SSSR count). The molecular formula is C12H22N2O2S. The van der Waals surface area contributed by atoms with Crippen LogP contribution in [0.4, 0.5) is 0 Å². The first kappa shape index (κ1) is 13.2. The summed E-state index contributed by atoms with van der Waals surface area (Å²) < 4.78 is 0. The highest BCUT2D eigenvalue weighted by Gasteiger charge is 2.33. The van der Waals surface area contributed by atoms with E-state index in [2.05, 4.69) is 17.6 Å². The average molecular weight is 258 g/mol. The Morgan fingerprint density at radius 1 is 1.65 bits per heavy atom. The fourth-order valence-electron chi connectivity index (χ4n) is 2.73. The number of hydrogen-bond donors (Lipinski definition) is 3. The Morgan fingerprint density at radius 3 is 3.12 bits per heavy atom. The Hall–Kier alpha value is -0.260. The fraction of sp³-hybridized carbons (Fsp3) is 0.917. The summed E-state index contributed by atoms with van der Waals surface area (Å²) in [6.45, 7) is 2.57. The molecule has 17 heavy (non-hydrogen) atoms. The molecule has 1 saturated carbocycles. The van der Waals surface area contributed by atoms with Gasteiger partial charge in [-0.25, -0.2) is 0 Å². The lowest BCUT2D eigenvalue weighted by Crippen LogP contribution is -2.50. The van der Waals surface area contributed by atoms with E-state index in [-0.39, 0.29) is 11.9 Å². The van der Waals surface area contributed by atoms with Gasteiger partial charge in [-0.1, -0.05) is 19.8 Å². The van der Waals surface area contributed by atoms with Crippen molar-refractivity contribution in [2.75, 3.05) is 18.2 Å². The molecule has 0 spiro atoms. The summed E-state index contributed by atoms with van der Waals surface area (Å²) in [4.78, 5) is 11.8. The normalized spacial score (nSPS) is 38.0. The first-order chi connectivity index (χ1) is 8.09. The van der Waals surface area contributed by atoms with Gasteiger partial charge < -0.3 is 10.4 Å². The molecular weight excluding hydrogens is 236 g/mol. The Labute approximate surface area is 107 Å². The number of nitrogens with one attached hydrogen (secondary N) is 2. The van der Waals surface area contributed by atoms with Crippen LogP contribution in [-0.2, 0) is 4.79 Å². The summed E-state index contributed by atoms with van der Waals surface area (Å²) in [7, 11) is 0. The van der Waals surface area contributed by atoms with Crippen LogP contribution >= 0.6 is 11.8 Å². The van der Waals surface area contributed by atoms with Crippen molar-refractivity contribution in [2.24, 2.45) is 5.92 Å². The standard InChI is InChI=1S/C12H22N2O2S/c1-9-3-2-4-12(16,5-9)7-13-11(15)10-6-17-8-14-10/h9-10,14,16H,2-8H2,1H3,(H,13,15). The van der Waals surface area contributed by atoms with E-state index in [4.69, 9.17) is 0 Å². The maximum Gasteiger partial charge on any atom is 0.238 e. The van der Waals surface area contributed by atoms with Crippen molar-refractivity contribution in [3.8, 4) is 0 Å². The Bertz CT molecular complexity index is 282. The Kier molecular flexibility index (Phi) is 4.33. The van der Waals surface area contributed by atoms with Gasteiger partial charge in [-0.3, -0.25) is 10.1 Å². The molecule has 4 nitrogen and oxygen atoms in total. The van der Waals surface area contributed by atoms with E-state index in [0.29, 0.717) is 12.5 Å². The zero-order valence-corrected chi connectivity index (χ0v) is 11.2. The quantitative estimate of drug-likeness (QED) is 0.697. The summed E-state index contributed by atoms with van der Waals surface area (Å²) >= 11 is 1.74. The molecule has 1 amide bonds. The number of hydrogen-bond acceptors (Lipinski definition) is 4. The number of rotatable bonds is 3. The molecule has 0 aromatic carbocycles. The molecule has 3 atom stereocenters. The lowest BCUT2D eigenvalue weighted by molar-refractivity contribution is -0.124. The van der Waals surface area contributed by atoms with Crippen molar-refractivity contribution in [1.29, 1.82) is 0 Å². The van der Waals surface area contributed by atoms with Crippen LogP contribution in [0.15, 0.2) is 0 Å². The molecule has 98 valence electrons. The number of aliphatic hydroxyl groups is 1. The van der Waals surface area contributed by atoms with Gasteiger partial charge in [-0.15, -0.1) is 11.8 Å². The maximum atomic E-state index is 11.8. The van der Waals surface area contributed by atoms with Crippen LogP contribution in [0.3, 0.4) is 0 Å². The Balaban J connectivity index is 1.78. The number of carbonyl (C=O) groups is 1. The number of thioether (sulfide) groups is 1. The van der Waals surface area contributed by atoms with Gasteiger partial charge >= 0.3 is 0 Å². The molecule has 1 saturated heterocycles. The smallest absolute Gasteiger partial charge is 0.238 e. The van der Waals surface area contributed by atoms with Crippen LogP contribution in [-0.4, -0.2) is 40.8 Å². The van der Waals surface area contributed by atoms with Crippen LogP contribution in [0.25, 0.3) is 0 Å². The van der Waals surface area contributed by atoms with Crippen molar-refractivity contribution in [2.45, 2.75) is 44.2 Å². The van der Waals surface area contributed by atoms with Crippen molar-refractivity contribution in [1.82, 2.24) is 10.6 Å². The van der Waals surface area contributed by atoms with Crippen molar-refractivity contribution < 1.29 is 9.90 Å². The summed E-state index contributed by atoms with van der Waals surface area (Å²) in [6, 6.07) is -0.0791. The highest BCUT2D eigenvalue weighted by molar-refractivity contribution is 7.99. The molecule has 0 aromatic heterocycles. The van der Waals surface area contributed by atoms with E-state index in [1.54, 1.807) is 11.8 Å². The lowest BCUT2D eigenvalue weighted by Gasteiger charge is -2.35. The minimum atomic E-state index is -0.681. The average Bonchev–Trinajstić information content (AvgIpc) is 2.79. The van der Waals surface area contributed by atoms with E-state index in [1.807, 2.05) is 0 Å². The minimum Gasteiger partial charge on any atom is -0.388 e. The molecule has 3 unspecified atom stereocenters. The maximum absolute atomic E-state index is 11.8. The lowest BCUT2D eigenvalue weighted by atomic mass is 9.79. The van der Waals surface area contributed by atoms with Gasteiger partial charge in [0.2, 0.25) is 5.91 Å². The molecule has 2 aliphatic rings. The molecule has 3 N–H and O–H groups in total. The first-order valence-electron chi connectivity index (χ1n) is 6.40. The molecule has 0 aromatic rings. The highest BCUT2D eigenvalue weighted by atomic mass is 32.2. The van der Waals surface area contributed by atoms with E-state index >= 15 is 0 Å². The van der Waals surface area contributed by atoms with Crippen LogP contribution in [0.1, 0.15) is 32.6 Å². The van der Waals surface area contributed by atoms with Gasteiger partial charge in [0.1, 0.15) is 0 Å². The zero-order valence-electron chi connectivity index (χ0n) is 10.4. The second-order valence-electron chi connectivity index (χ2n) is 5.42.